The number of hydrogen-bond acceptors (Lipinski definition) is 1. The van der Waals surface area contributed by atoms with Gasteiger partial charge in [0.15, 0.2) is 0 Å². The predicted octanol–water partition coefficient (Wildman–Crippen LogP) is 5.89. The van der Waals surface area contributed by atoms with Crippen molar-refractivity contribution in [2.75, 3.05) is 5.32 Å². The number of aromatic nitrogens is 1. The van der Waals surface area contributed by atoms with Gasteiger partial charge in [0.05, 0.1) is 18.3 Å². The molecule has 1 N–H and O–H groups in total. The molecule has 0 unspecified atom stereocenters. The number of para-hydroxylation sites is 2. The summed E-state index contributed by atoms with van der Waals surface area (Å²) in [5.41, 5.74) is 3.62. The molecule has 0 aliphatic carbocycles. The summed E-state index contributed by atoms with van der Waals surface area (Å²) in [5, 5.41) is 2.91. The third-order valence-electron chi connectivity index (χ3n) is 5.45. The van der Waals surface area contributed by atoms with Crippen LogP contribution in [-0.2, 0) is 6.54 Å². The lowest BCUT2D eigenvalue weighted by Crippen LogP contribution is -2.38. The second-order valence-corrected chi connectivity index (χ2v) is 7.46. The molecule has 0 saturated heterocycles. The van der Waals surface area contributed by atoms with Crippen molar-refractivity contribution in [3.8, 4) is 5.69 Å². The highest BCUT2D eigenvalue weighted by atomic mass is 19.1. The Labute approximate surface area is 178 Å². The molecule has 2 heterocycles. The molecule has 154 valence electrons. The van der Waals surface area contributed by atoms with E-state index in [1.165, 1.54) is 12.1 Å². The molecule has 2 amide bonds. The van der Waals surface area contributed by atoms with Crippen molar-refractivity contribution in [3.05, 3.63) is 120 Å². The van der Waals surface area contributed by atoms with Crippen molar-refractivity contribution in [2.24, 2.45) is 0 Å². The standard InChI is InChI=1S/C25H19F2N3O/c26-19-13-18(14-20(27)15-19)24-23-11-6-12-29(23)22-10-5-4-7-17(22)16-30(24)25(31)28-21-8-2-1-3-9-21/h1-15,24H,16H2,(H,28,31)/t24-/m0/s1. The van der Waals surface area contributed by atoms with Crippen LogP contribution in [0.2, 0.25) is 0 Å². The smallest absolute Gasteiger partial charge is 0.318 e. The first kappa shape index (κ1) is 19.1. The summed E-state index contributed by atoms with van der Waals surface area (Å²) in [6.07, 6.45) is 1.90. The number of fused-ring (bicyclic) bond motifs is 3. The van der Waals surface area contributed by atoms with Gasteiger partial charge in [0.2, 0.25) is 0 Å². The Hall–Kier alpha value is -3.93. The van der Waals surface area contributed by atoms with E-state index >= 15 is 0 Å². The highest BCUT2D eigenvalue weighted by Gasteiger charge is 2.33. The third-order valence-corrected chi connectivity index (χ3v) is 5.45. The van der Waals surface area contributed by atoms with Gasteiger partial charge in [0.1, 0.15) is 11.6 Å². The second kappa shape index (κ2) is 7.72. The van der Waals surface area contributed by atoms with Crippen LogP contribution in [0, 0.1) is 11.6 Å². The van der Waals surface area contributed by atoms with Crippen molar-refractivity contribution in [1.29, 1.82) is 0 Å². The van der Waals surface area contributed by atoms with E-state index in [9.17, 15) is 13.6 Å². The molecule has 0 bridgehead atoms. The number of carbonyl (C=O) groups is 1. The highest BCUT2D eigenvalue weighted by Crippen LogP contribution is 2.37. The van der Waals surface area contributed by atoms with Crippen molar-refractivity contribution in [1.82, 2.24) is 9.47 Å². The maximum atomic E-state index is 14.2. The van der Waals surface area contributed by atoms with E-state index in [-0.39, 0.29) is 12.6 Å². The number of hydrogen-bond donors (Lipinski definition) is 1. The first-order valence-electron chi connectivity index (χ1n) is 9.94. The molecule has 0 spiro atoms. The van der Waals surface area contributed by atoms with Gasteiger partial charge in [-0.05, 0) is 53.6 Å². The normalized spacial score (nSPS) is 15.0. The molecule has 3 aromatic carbocycles. The maximum absolute atomic E-state index is 14.2. The van der Waals surface area contributed by atoms with Crippen molar-refractivity contribution >= 4 is 11.7 Å². The number of nitrogens with one attached hydrogen (secondary N) is 1. The monoisotopic (exact) mass is 415 g/mol. The zero-order chi connectivity index (χ0) is 21.4. The molecule has 31 heavy (non-hydrogen) atoms. The third kappa shape index (κ3) is 3.57. The Morgan fingerprint density at radius 2 is 1.58 bits per heavy atom. The minimum atomic E-state index is -0.684. The zero-order valence-electron chi connectivity index (χ0n) is 16.5. The molecule has 1 aliphatic heterocycles. The van der Waals surface area contributed by atoms with E-state index < -0.39 is 17.7 Å². The Morgan fingerprint density at radius 1 is 0.871 bits per heavy atom. The van der Waals surface area contributed by atoms with Gasteiger partial charge in [-0.1, -0.05) is 36.4 Å². The van der Waals surface area contributed by atoms with Crippen molar-refractivity contribution < 1.29 is 13.6 Å². The van der Waals surface area contributed by atoms with Gasteiger partial charge in [-0.25, -0.2) is 13.6 Å². The molecule has 1 aliphatic rings. The molecule has 0 fully saturated rings. The van der Waals surface area contributed by atoms with E-state index in [1.54, 1.807) is 17.0 Å². The van der Waals surface area contributed by atoms with Crippen LogP contribution in [0.5, 0.6) is 0 Å². The van der Waals surface area contributed by atoms with Crippen LogP contribution in [-0.4, -0.2) is 15.5 Å². The van der Waals surface area contributed by atoms with Crippen molar-refractivity contribution in [2.45, 2.75) is 12.6 Å². The summed E-state index contributed by atoms with van der Waals surface area (Å²) < 4.78 is 30.3. The van der Waals surface area contributed by atoms with E-state index in [2.05, 4.69) is 5.32 Å². The van der Waals surface area contributed by atoms with Crippen LogP contribution in [0.3, 0.4) is 0 Å². The molecular weight excluding hydrogens is 396 g/mol. The lowest BCUT2D eigenvalue weighted by atomic mass is 10.0. The summed E-state index contributed by atoms with van der Waals surface area (Å²) in [5.74, 6) is -1.36. The van der Waals surface area contributed by atoms with Gasteiger partial charge in [0.25, 0.3) is 0 Å². The summed E-state index contributed by atoms with van der Waals surface area (Å²) in [7, 11) is 0. The molecule has 4 nitrogen and oxygen atoms in total. The lowest BCUT2D eigenvalue weighted by molar-refractivity contribution is 0.194. The van der Waals surface area contributed by atoms with Crippen LogP contribution in [0.25, 0.3) is 5.69 Å². The number of urea groups is 1. The van der Waals surface area contributed by atoms with Gasteiger partial charge in [-0.2, -0.15) is 0 Å². The fourth-order valence-electron chi connectivity index (χ4n) is 4.14. The largest absolute Gasteiger partial charge is 0.322 e. The first-order chi connectivity index (χ1) is 15.1. The van der Waals surface area contributed by atoms with Gasteiger partial charge in [0, 0.05) is 23.6 Å². The SMILES string of the molecule is O=C(Nc1ccccc1)N1Cc2ccccc2-n2cccc2[C@@H]1c1cc(F)cc(F)c1. The summed E-state index contributed by atoms with van der Waals surface area (Å²) >= 11 is 0. The molecule has 5 rings (SSSR count). The number of benzene rings is 3. The minimum Gasteiger partial charge on any atom is -0.318 e. The van der Waals surface area contributed by atoms with Crippen LogP contribution in [0.1, 0.15) is 22.9 Å². The Morgan fingerprint density at radius 3 is 2.35 bits per heavy atom. The summed E-state index contributed by atoms with van der Waals surface area (Å²) in [4.78, 5) is 15.0. The molecule has 0 saturated carbocycles. The number of carbonyl (C=O) groups excluding carboxylic acids is 1. The van der Waals surface area contributed by atoms with E-state index in [0.717, 1.165) is 23.0 Å². The molecule has 6 heteroatoms. The summed E-state index contributed by atoms with van der Waals surface area (Å²) in [6.45, 7) is 0.277. The second-order valence-electron chi connectivity index (χ2n) is 7.46. The Kier molecular flexibility index (Phi) is 4.75. The van der Waals surface area contributed by atoms with Crippen LogP contribution in [0.4, 0.5) is 19.3 Å². The van der Waals surface area contributed by atoms with Gasteiger partial charge < -0.3 is 14.8 Å². The maximum Gasteiger partial charge on any atom is 0.322 e. The van der Waals surface area contributed by atoms with Crippen LogP contribution < -0.4 is 5.32 Å². The fourth-order valence-corrected chi connectivity index (χ4v) is 4.14. The molecule has 1 atom stereocenters. The number of amides is 2. The molecule has 1 aromatic heterocycles. The average Bonchev–Trinajstić information content (AvgIpc) is 3.18. The quantitative estimate of drug-likeness (QED) is 0.435. The average molecular weight is 415 g/mol. The Balaban J connectivity index is 1.67. The summed E-state index contributed by atoms with van der Waals surface area (Å²) in [6, 6.07) is 23.0. The Bertz CT molecular complexity index is 1230. The molecule has 4 aromatic rings. The highest BCUT2D eigenvalue weighted by molar-refractivity contribution is 5.90. The zero-order valence-corrected chi connectivity index (χ0v) is 16.5. The molecule has 0 radical (unpaired) electrons. The fraction of sp³-hybridized carbons (Fsp3) is 0.0800. The molecular formula is C25H19F2N3O. The van der Waals surface area contributed by atoms with Crippen LogP contribution >= 0.6 is 0 Å². The van der Waals surface area contributed by atoms with Gasteiger partial charge in [-0.15, -0.1) is 0 Å². The van der Waals surface area contributed by atoms with Crippen molar-refractivity contribution in [3.63, 3.8) is 0 Å². The topological polar surface area (TPSA) is 37.3 Å². The van der Waals surface area contributed by atoms with E-state index in [4.69, 9.17) is 0 Å². The van der Waals surface area contributed by atoms with E-state index in [0.29, 0.717) is 11.3 Å². The number of anilines is 1. The van der Waals surface area contributed by atoms with E-state index in [1.807, 2.05) is 65.4 Å². The number of halogens is 2. The predicted molar refractivity (Wildman–Crippen MR) is 115 cm³/mol. The van der Waals surface area contributed by atoms with Crippen LogP contribution in [0.15, 0.2) is 91.1 Å². The van der Waals surface area contributed by atoms with Gasteiger partial charge in [-0.3, -0.25) is 0 Å². The van der Waals surface area contributed by atoms with Gasteiger partial charge >= 0.3 is 6.03 Å². The first-order valence-corrected chi connectivity index (χ1v) is 9.94. The minimum absolute atomic E-state index is 0.277. The number of rotatable bonds is 2. The lowest BCUT2D eigenvalue weighted by Gasteiger charge is -2.31. The number of nitrogens with zero attached hydrogens (tertiary/aromatic N) is 2.